The molecule has 1 aromatic rings. The normalized spacial score (nSPS) is 11.6. The molecule has 0 aliphatic rings. The predicted molar refractivity (Wildman–Crippen MR) is 73.2 cm³/mol. The van der Waals surface area contributed by atoms with Gasteiger partial charge in [-0.2, -0.15) is 0 Å². The van der Waals surface area contributed by atoms with Crippen molar-refractivity contribution >= 4 is 45.2 Å². The van der Waals surface area contributed by atoms with Crippen LogP contribution < -0.4 is 15.4 Å². The predicted octanol–water partition coefficient (Wildman–Crippen LogP) is 2.73. The summed E-state index contributed by atoms with van der Waals surface area (Å²) in [6, 6.07) is 4.43. The van der Waals surface area contributed by atoms with Crippen molar-refractivity contribution in [2.75, 3.05) is 12.4 Å². The second-order valence-corrected chi connectivity index (χ2v) is 4.91. The zero-order valence-electron chi connectivity index (χ0n) is 9.79. The first-order chi connectivity index (χ1) is 8.43. The number of rotatable bonds is 3. The molecule has 0 spiro atoms. The fourth-order valence-corrected chi connectivity index (χ4v) is 1.49. The van der Waals surface area contributed by atoms with Gasteiger partial charge in [-0.05, 0) is 35.0 Å². The van der Waals surface area contributed by atoms with Crippen molar-refractivity contribution in [3.63, 3.8) is 0 Å². The number of nitrogens with one attached hydrogen (secondary N) is 2. The molecule has 2 N–H and O–H groups in total. The van der Waals surface area contributed by atoms with Gasteiger partial charge in [0.2, 0.25) is 5.91 Å². The number of methoxy groups -OCH3 is 1. The molecule has 0 aromatic heterocycles. The molecule has 0 heterocycles. The van der Waals surface area contributed by atoms with Crippen LogP contribution in [-0.2, 0) is 4.79 Å². The third-order valence-electron chi connectivity index (χ3n) is 2.02. The lowest BCUT2D eigenvalue weighted by Gasteiger charge is -2.10. The fourth-order valence-electron chi connectivity index (χ4n) is 1.09. The SMILES string of the molecule is COc1ccc(Br)c(NC(=O)NC(=O)C(C)Cl)c1. The van der Waals surface area contributed by atoms with Crippen LogP contribution in [0.2, 0.25) is 0 Å². The van der Waals surface area contributed by atoms with E-state index in [4.69, 9.17) is 16.3 Å². The number of hydrogen-bond acceptors (Lipinski definition) is 3. The number of hydrogen-bond donors (Lipinski definition) is 2. The molecule has 0 aliphatic heterocycles. The minimum absolute atomic E-state index is 0.488. The van der Waals surface area contributed by atoms with E-state index in [1.165, 1.54) is 14.0 Å². The Balaban J connectivity index is 2.72. The van der Waals surface area contributed by atoms with Gasteiger partial charge in [0.1, 0.15) is 11.1 Å². The maximum atomic E-state index is 11.5. The molecule has 0 aliphatic carbocycles. The van der Waals surface area contributed by atoms with Gasteiger partial charge < -0.3 is 10.1 Å². The highest BCUT2D eigenvalue weighted by Gasteiger charge is 2.14. The number of urea groups is 1. The van der Waals surface area contributed by atoms with Crippen LogP contribution in [0.5, 0.6) is 5.75 Å². The number of ether oxygens (including phenoxy) is 1. The topological polar surface area (TPSA) is 67.4 Å². The number of carbonyl (C=O) groups excluding carboxylic acids is 2. The highest BCUT2D eigenvalue weighted by Crippen LogP contribution is 2.26. The molecule has 0 saturated carbocycles. The molecule has 0 bridgehead atoms. The molecular weight excluding hydrogens is 323 g/mol. The van der Waals surface area contributed by atoms with Crippen LogP contribution in [0.3, 0.4) is 0 Å². The van der Waals surface area contributed by atoms with Gasteiger partial charge in [0.05, 0.1) is 12.8 Å². The smallest absolute Gasteiger partial charge is 0.325 e. The van der Waals surface area contributed by atoms with Crippen molar-refractivity contribution < 1.29 is 14.3 Å². The summed E-state index contributed by atoms with van der Waals surface area (Å²) in [6.07, 6.45) is 0. The van der Waals surface area contributed by atoms with Crippen molar-refractivity contribution in [2.45, 2.75) is 12.3 Å². The molecule has 7 heteroatoms. The monoisotopic (exact) mass is 334 g/mol. The number of carbonyl (C=O) groups is 2. The van der Waals surface area contributed by atoms with Crippen molar-refractivity contribution in [3.8, 4) is 5.75 Å². The molecule has 1 unspecified atom stereocenters. The van der Waals surface area contributed by atoms with Gasteiger partial charge in [-0.1, -0.05) is 0 Å². The summed E-state index contributed by atoms with van der Waals surface area (Å²) in [7, 11) is 1.52. The highest BCUT2D eigenvalue weighted by atomic mass is 79.9. The largest absolute Gasteiger partial charge is 0.497 e. The first kappa shape index (κ1) is 14.8. The van der Waals surface area contributed by atoms with Gasteiger partial charge in [-0.25, -0.2) is 4.79 Å². The summed E-state index contributed by atoms with van der Waals surface area (Å²) in [6.45, 7) is 1.48. The maximum Gasteiger partial charge on any atom is 0.325 e. The summed E-state index contributed by atoms with van der Waals surface area (Å²) in [5.74, 6) is 0.0266. The summed E-state index contributed by atoms with van der Waals surface area (Å²) in [5.41, 5.74) is 0.488. The molecule has 18 heavy (non-hydrogen) atoms. The standard InChI is InChI=1S/C11H12BrClN2O3/c1-6(13)10(16)15-11(17)14-9-5-7(18-2)3-4-8(9)12/h3-6H,1-2H3,(H2,14,15,16,17). The number of halogens is 2. The van der Waals surface area contributed by atoms with E-state index in [0.29, 0.717) is 15.9 Å². The lowest BCUT2D eigenvalue weighted by molar-refractivity contribution is -0.119. The molecular formula is C11H12BrClN2O3. The second kappa shape index (κ2) is 6.61. The number of imide groups is 1. The van der Waals surface area contributed by atoms with E-state index in [9.17, 15) is 9.59 Å². The van der Waals surface area contributed by atoms with Crippen molar-refractivity contribution in [1.82, 2.24) is 5.32 Å². The van der Waals surface area contributed by atoms with Crippen LogP contribution in [0, 0.1) is 0 Å². The molecule has 1 atom stereocenters. The summed E-state index contributed by atoms with van der Waals surface area (Å²) in [4.78, 5) is 22.7. The van der Waals surface area contributed by atoms with Crippen molar-refractivity contribution in [1.29, 1.82) is 0 Å². The zero-order valence-corrected chi connectivity index (χ0v) is 12.1. The number of amides is 3. The Bertz CT molecular complexity index is 466. The number of alkyl halides is 1. The first-order valence-corrected chi connectivity index (χ1v) is 6.26. The number of benzene rings is 1. The van der Waals surface area contributed by atoms with Gasteiger partial charge in [-0.15, -0.1) is 11.6 Å². The Morgan fingerprint density at radius 1 is 1.44 bits per heavy atom. The van der Waals surface area contributed by atoms with E-state index in [-0.39, 0.29) is 0 Å². The van der Waals surface area contributed by atoms with Gasteiger partial charge in [0.15, 0.2) is 0 Å². The van der Waals surface area contributed by atoms with Crippen LogP contribution in [0.25, 0.3) is 0 Å². The van der Waals surface area contributed by atoms with Crippen molar-refractivity contribution in [3.05, 3.63) is 22.7 Å². The van der Waals surface area contributed by atoms with Crippen LogP contribution in [-0.4, -0.2) is 24.4 Å². The lowest BCUT2D eigenvalue weighted by Crippen LogP contribution is -2.38. The Morgan fingerprint density at radius 3 is 2.67 bits per heavy atom. The van der Waals surface area contributed by atoms with E-state index in [2.05, 4.69) is 26.6 Å². The van der Waals surface area contributed by atoms with E-state index >= 15 is 0 Å². The van der Waals surface area contributed by atoms with Gasteiger partial charge in [-0.3, -0.25) is 10.1 Å². The first-order valence-electron chi connectivity index (χ1n) is 5.03. The Kier molecular flexibility index (Phi) is 5.43. The zero-order chi connectivity index (χ0) is 13.7. The average molecular weight is 336 g/mol. The molecule has 5 nitrogen and oxygen atoms in total. The highest BCUT2D eigenvalue weighted by molar-refractivity contribution is 9.10. The fraction of sp³-hybridized carbons (Fsp3) is 0.273. The summed E-state index contributed by atoms with van der Waals surface area (Å²) in [5, 5.41) is 3.85. The Labute approximate surface area is 118 Å². The van der Waals surface area contributed by atoms with Crippen LogP contribution >= 0.6 is 27.5 Å². The van der Waals surface area contributed by atoms with Crippen LogP contribution in [0.15, 0.2) is 22.7 Å². The van der Waals surface area contributed by atoms with Gasteiger partial charge in [0.25, 0.3) is 0 Å². The lowest BCUT2D eigenvalue weighted by atomic mass is 10.3. The van der Waals surface area contributed by atoms with E-state index < -0.39 is 17.3 Å². The van der Waals surface area contributed by atoms with E-state index in [1.54, 1.807) is 18.2 Å². The molecule has 0 radical (unpaired) electrons. The summed E-state index contributed by atoms with van der Waals surface area (Å²) < 4.78 is 5.70. The third-order valence-corrected chi connectivity index (χ3v) is 2.91. The maximum absolute atomic E-state index is 11.5. The summed E-state index contributed by atoms with van der Waals surface area (Å²) >= 11 is 8.81. The van der Waals surface area contributed by atoms with Crippen LogP contribution in [0.4, 0.5) is 10.5 Å². The Morgan fingerprint density at radius 2 is 2.11 bits per heavy atom. The second-order valence-electron chi connectivity index (χ2n) is 3.41. The quantitative estimate of drug-likeness (QED) is 0.835. The third kappa shape index (κ3) is 4.19. The molecule has 3 amide bonds. The molecule has 0 saturated heterocycles. The molecule has 1 aromatic carbocycles. The average Bonchev–Trinajstić information content (AvgIpc) is 2.31. The number of anilines is 1. The van der Waals surface area contributed by atoms with E-state index in [1.807, 2.05) is 0 Å². The van der Waals surface area contributed by atoms with E-state index in [0.717, 1.165) is 0 Å². The van der Waals surface area contributed by atoms with Gasteiger partial charge >= 0.3 is 6.03 Å². The van der Waals surface area contributed by atoms with Crippen LogP contribution in [0.1, 0.15) is 6.92 Å². The van der Waals surface area contributed by atoms with Crippen molar-refractivity contribution in [2.24, 2.45) is 0 Å². The minimum atomic E-state index is -0.774. The molecule has 1 rings (SSSR count). The minimum Gasteiger partial charge on any atom is -0.497 e. The molecule has 0 fully saturated rings. The van der Waals surface area contributed by atoms with Gasteiger partial charge in [0, 0.05) is 10.5 Å². The Hall–Kier alpha value is -1.27. The molecule has 98 valence electrons.